The van der Waals surface area contributed by atoms with Crippen LogP contribution in [0.3, 0.4) is 0 Å². The van der Waals surface area contributed by atoms with Gasteiger partial charge in [-0.2, -0.15) is 0 Å². The minimum absolute atomic E-state index is 0.853. The quantitative estimate of drug-likeness (QED) is 0.731. The standard InChI is InChI=1S/C11H17N4/c1-2-6-14-7-9-15(10-8-14)11-12-4-3-5-13-11/h3-5H,1-2,6-10H2. The van der Waals surface area contributed by atoms with Crippen molar-refractivity contribution in [3.8, 4) is 0 Å². The van der Waals surface area contributed by atoms with E-state index in [1.54, 1.807) is 12.4 Å². The fourth-order valence-corrected chi connectivity index (χ4v) is 1.85. The minimum Gasteiger partial charge on any atom is -0.338 e. The molecular formula is C11H17N4. The van der Waals surface area contributed by atoms with Gasteiger partial charge >= 0.3 is 0 Å². The van der Waals surface area contributed by atoms with Gasteiger partial charge in [-0.15, -0.1) is 0 Å². The summed E-state index contributed by atoms with van der Waals surface area (Å²) in [5, 5.41) is 0. The van der Waals surface area contributed by atoms with Crippen molar-refractivity contribution in [3.05, 3.63) is 25.4 Å². The second-order valence-electron chi connectivity index (χ2n) is 3.73. The summed E-state index contributed by atoms with van der Waals surface area (Å²) < 4.78 is 0. The molecule has 1 aromatic heterocycles. The molecule has 1 aliphatic rings. The normalized spacial score (nSPS) is 18.1. The highest BCUT2D eigenvalue weighted by Crippen LogP contribution is 2.09. The molecule has 0 atom stereocenters. The number of anilines is 1. The van der Waals surface area contributed by atoms with Crippen molar-refractivity contribution in [1.29, 1.82) is 0 Å². The number of nitrogens with zero attached hydrogens (tertiary/aromatic N) is 4. The Morgan fingerprint density at radius 1 is 1.13 bits per heavy atom. The minimum atomic E-state index is 0.853. The molecule has 15 heavy (non-hydrogen) atoms. The van der Waals surface area contributed by atoms with E-state index < -0.39 is 0 Å². The van der Waals surface area contributed by atoms with Gasteiger partial charge in [0, 0.05) is 38.6 Å². The number of piperazine rings is 1. The fourth-order valence-electron chi connectivity index (χ4n) is 1.85. The highest BCUT2D eigenvalue weighted by molar-refractivity contribution is 5.29. The van der Waals surface area contributed by atoms with Gasteiger partial charge in [-0.25, -0.2) is 9.97 Å². The van der Waals surface area contributed by atoms with Gasteiger partial charge in [0.25, 0.3) is 0 Å². The van der Waals surface area contributed by atoms with Gasteiger partial charge in [-0.05, 0) is 19.0 Å². The van der Waals surface area contributed by atoms with Crippen LogP contribution in [-0.4, -0.2) is 47.6 Å². The Bertz CT molecular complexity index is 280. The molecule has 4 heteroatoms. The predicted molar refractivity (Wildman–Crippen MR) is 60.7 cm³/mol. The van der Waals surface area contributed by atoms with Crippen LogP contribution < -0.4 is 4.90 Å². The SMILES string of the molecule is [CH2]CCN1CCN(c2ncccn2)CC1. The molecule has 0 unspecified atom stereocenters. The van der Waals surface area contributed by atoms with Gasteiger partial charge in [-0.1, -0.05) is 6.92 Å². The first-order valence-corrected chi connectivity index (χ1v) is 5.44. The molecule has 0 aromatic carbocycles. The molecule has 0 spiro atoms. The van der Waals surface area contributed by atoms with Crippen LogP contribution in [0.1, 0.15) is 6.42 Å². The Kier molecular flexibility index (Phi) is 3.50. The zero-order chi connectivity index (χ0) is 10.5. The molecule has 2 heterocycles. The van der Waals surface area contributed by atoms with Crippen molar-refractivity contribution < 1.29 is 0 Å². The molecule has 4 nitrogen and oxygen atoms in total. The lowest BCUT2D eigenvalue weighted by molar-refractivity contribution is 0.261. The van der Waals surface area contributed by atoms with E-state index in [0.717, 1.165) is 45.1 Å². The lowest BCUT2D eigenvalue weighted by Crippen LogP contribution is -2.47. The molecule has 0 amide bonds. The van der Waals surface area contributed by atoms with Crippen LogP contribution in [0.5, 0.6) is 0 Å². The lowest BCUT2D eigenvalue weighted by atomic mass is 10.3. The van der Waals surface area contributed by atoms with Crippen molar-refractivity contribution >= 4 is 5.95 Å². The monoisotopic (exact) mass is 205 g/mol. The Morgan fingerprint density at radius 2 is 1.80 bits per heavy atom. The van der Waals surface area contributed by atoms with E-state index in [1.165, 1.54) is 0 Å². The van der Waals surface area contributed by atoms with Gasteiger partial charge in [0.1, 0.15) is 0 Å². The van der Waals surface area contributed by atoms with E-state index in [0.29, 0.717) is 0 Å². The molecule has 0 N–H and O–H groups in total. The molecule has 0 aliphatic carbocycles. The highest BCUT2D eigenvalue weighted by Gasteiger charge is 2.17. The van der Waals surface area contributed by atoms with E-state index in [-0.39, 0.29) is 0 Å². The molecular weight excluding hydrogens is 188 g/mol. The number of hydrogen-bond donors (Lipinski definition) is 0. The van der Waals surface area contributed by atoms with Crippen LogP contribution in [-0.2, 0) is 0 Å². The largest absolute Gasteiger partial charge is 0.338 e. The maximum atomic E-state index is 4.26. The third-order valence-corrected chi connectivity index (χ3v) is 2.68. The predicted octanol–water partition coefficient (Wildman–Crippen LogP) is 0.823. The molecule has 1 radical (unpaired) electrons. The third kappa shape index (κ3) is 2.65. The number of rotatable bonds is 3. The smallest absolute Gasteiger partial charge is 0.225 e. The summed E-state index contributed by atoms with van der Waals surface area (Å²) in [7, 11) is 0. The Balaban J connectivity index is 1.88. The second kappa shape index (κ2) is 5.07. The molecule has 1 saturated heterocycles. The number of aromatic nitrogens is 2. The van der Waals surface area contributed by atoms with Crippen LogP contribution in [0.25, 0.3) is 0 Å². The van der Waals surface area contributed by atoms with E-state index in [4.69, 9.17) is 0 Å². The first kappa shape index (κ1) is 10.4. The zero-order valence-corrected chi connectivity index (χ0v) is 8.97. The van der Waals surface area contributed by atoms with Crippen LogP contribution in [0.15, 0.2) is 18.5 Å². The van der Waals surface area contributed by atoms with Gasteiger partial charge in [0.2, 0.25) is 5.95 Å². The third-order valence-electron chi connectivity index (χ3n) is 2.68. The Morgan fingerprint density at radius 3 is 2.40 bits per heavy atom. The molecule has 1 aromatic rings. The van der Waals surface area contributed by atoms with Gasteiger partial charge in [0.05, 0.1) is 0 Å². The van der Waals surface area contributed by atoms with E-state index >= 15 is 0 Å². The summed E-state index contributed by atoms with van der Waals surface area (Å²) in [6, 6.07) is 1.85. The molecule has 1 aliphatic heterocycles. The fraction of sp³-hybridized carbons (Fsp3) is 0.545. The Hall–Kier alpha value is -1.16. The van der Waals surface area contributed by atoms with Crippen LogP contribution >= 0.6 is 0 Å². The lowest BCUT2D eigenvalue weighted by Gasteiger charge is -2.34. The van der Waals surface area contributed by atoms with E-state index in [9.17, 15) is 0 Å². The second-order valence-corrected chi connectivity index (χ2v) is 3.73. The topological polar surface area (TPSA) is 32.3 Å². The van der Waals surface area contributed by atoms with Crippen LogP contribution in [0.4, 0.5) is 5.95 Å². The zero-order valence-electron chi connectivity index (χ0n) is 8.97. The first-order valence-electron chi connectivity index (χ1n) is 5.44. The average molecular weight is 205 g/mol. The molecule has 81 valence electrons. The molecule has 0 saturated carbocycles. The van der Waals surface area contributed by atoms with E-state index in [1.807, 2.05) is 6.07 Å². The summed E-state index contributed by atoms with van der Waals surface area (Å²) in [5.41, 5.74) is 0. The summed E-state index contributed by atoms with van der Waals surface area (Å²) in [6.07, 6.45) is 4.58. The van der Waals surface area contributed by atoms with Gasteiger partial charge in [0.15, 0.2) is 0 Å². The molecule has 2 rings (SSSR count). The van der Waals surface area contributed by atoms with Gasteiger partial charge < -0.3 is 4.90 Å². The Labute approximate surface area is 90.9 Å². The summed E-state index contributed by atoms with van der Waals surface area (Å²) in [5.74, 6) is 0.853. The van der Waals surface area contributed by atoms with Crippen LogP contribution in [0.2, 0.25) is 0 Å². The molecule has 1 fully saturated rings. The first-order chi connectivity index (χ1) is 7.40. The van der Waals surface area contributed by atoms with Crippen molar-refractivity contribution in [2.75, 3.05) is 37.6 Å². The maximum absolute atomic E-state index is 4.26. The summed E-state index contributed by atoms with van der Waals surface area (Å²) in [6.45, 7) is 9.20. The van der Waals surface area contributed by atoms with Crippen LogP contribution in [0, 0.1) is 6.92 Å². The van der Waals surface area contributed by atoms with E-state index in [2.05, 4.69) is 26.7 Å². The summed E-state index contributed by atoms with van der Waals surface area (Å²) in [4.78, 5) is 13.2. The average Bonchev–Trinajstić information content (AvgIpc) is 2.32. The highest BCUT2D eigenvalue weighted by atomic mass is 15.3. The summed E-state index contributed by atoms with van der Waals surface area (Å²) >= 11 is 0. The van der Waals surface area contributed by atoms with Gasteiger partial charge in [-0.3, -0.25) is 4.90 Å². The van der Waals surface area contributed by atoms with Crippen molar-refractivity contribution in [2.24, 2.45) is 0 Å². The maximum Gasteiger partial charge on any atom is 0.225 e. The number of hydrogen-bond acceptors (Lipinski definition) is 4. The van der Waals surface area contributed by atoms with Crippen molar-refractivity contribution in [3.63, 3.8) is 0 Å². The molecule has 0 bridgehead atoms. The van der Waals surface area contributed by atoms with Crippen molar-refractivity contribution in [1.82, 2.24) is 14.9 Å². The van der Waals surface area contributed by atoms with Crippen molar-refractivity contribution in [2.45, 2.75) is 6.42 Å².